The molecule has 0 aromatic rings. The Hall–Kier alpha value is -0.340. The maximum Gasteiger partial charge on any atom is 0.182 e. The van der Waals surface area contributed by atoms with Gasteiger partial charge in [-0.3, -0.25) is 0 Å². The molecule has 0 fully saturated rings. The summed E-state index contributed by atoms with van der Waals surface area (Å²) >= 11 is 0. The van der Waals surface area contributed by atoms with E-state index in [0.29, 0.717) is 6.42 Å². The van der Waals surface area contributed by atoms with Gasteiger partial charge < -0.3 is 10.2 Å². The SMILES string of the molecule is OC1(O)/C=C/CCCCC1. The van der Waals surface area contributed by atoms with Gasteiger partial charge in [-0.2, -0.15) is 0 Å². The Kier molecular flexibility index (Phi) is 2.46. The van der Waals surface area contributed by atoms with Crippen LogP contribution < -0.4 is 0 Å². The standard InChI is InChI=1S/C8H14O2/c9-8(10)6-4-2-1-3-5-7-8/h4,6,9-10H,1-3,5,7H2/b6-4+. The predicted molar refractivity (Wildman–Crippen MR) is 39.4 cm³/mol. The van der Waals surface area contributed by atoms with Crippen molar-refractivity contribution in [2.45, 2.75) is 37.9 Å². The molecule has 0 atom stereocenters. The zero-order chi connectivity index (χ0) is 7.45. The van der Waals surface area contributed by atoms with Crippen LogP contribution in [-0.2, 0) is 0 Å². The van der Waals surface area contributed by atoms with Gasteiger partial charge in [0.25, 0.3) is 0 Å². The minimum absolute atomic E-state index is 0.476. The fourth-order valence-corrected chi connectivity index (χ4v) is 1.18. The number of hydrogen-bond donors (Lipinski definition) is 2. The molecule has 0 saturated carbocycles. The summed E-state index contributed by atoms with van der Waals surface area (Å²) in [6.45, 7) is 0. The summed E-state index contributed by atoms with van der Waals surface area (Å²) in [5, 5.41) is 18.3. The third-order valence-electron chi connectivity index (χ3n) is 1.80. The van der Waals surface area contributed by atoms with Crippen LogP contribution in [0.4, 0.5) is 0 Å². The van der Waals surface area contributed by atoms with Gasteiger partial charge in [0, 0.05) is 6.42 Å². The lowest BCUT2D eigenvalue weighted by molar-refractivity contribution is -0.124. The third kappa shape index (κ3) is 2.50. The van der Waals surface area contributed by atoms with Crippen LogP contribution in [0.1, 0.15) is 32.1 Å². The highest BCUT2D eigenvalue weighted by molar-refractivity contribution is 4.94. The molecule has 10 heavy (non-hydrogen) atoms. The third-order valence-corrected chi connectivity index (χ3v) is 1.80. The Morgan fingerprint density at radius 1 is 1.10 bits per heavy atom. The summed E-state index contributed by atoms with van der Waals surface area (Å²) in [4.78, 5) is 0. The zero-order valence-corrected chi connectivity index (χ0v) is 6.08. The molecule has 2 N–H and O–H groups in total. The van der Waals surface area contributed by atoms with E-state index in [-0.39, 0.29) is 0 Å². The van der Waals surface area contributed by atoms with Crippen LogP contribution in [0.25, 0.3) is 0 Å². The summed E-state index contributed by atoms with van der Waals surface area (Å²) < 4.78 is 0. The maximum atomic E-state index is 9.15. The van der Waals surface area contributed by atoms with E-state index in [1.54, 1.807) is 0 Å². The molecular formula is C8H14O2. The van der Waals surface area contributed by atoms with E-state index < -0.39 is 5.79 Å². The Bertz CT molecular complexity index is 127. The average Bonchev–Trinajstić information content (AvgIpc) is 1.81. The van der Waals surface area contributed by atoms with E-state index in [9.17, 15) is 0 Å². The van der Waals surface area contributed by atoms with Gasteiger partial charge in [0.1, 0.15) is 0 Å². The predicted octanol–water partition coefficient (Wildman–Crippen LogP) is 1.19. The summed E-state index contributed by atoms with van der Waals surface area (Å²) in [6, 6.07) is 0. The molecular weight excluding hydrogens is 128 g/mol. The van der Waals surface area contributed by atoms with Gasteiger partial charge in [0.15, 0.2) is 5.79 Å². The van der Waals surface area contributed by atoms with Crippen molar-refractivity contribution in [3.05, 3.63) is 12.2 Å². The van der Waals surface area contributed by atoms with E-state index in [2.05, 4.69) is 0 Å². The first-order valence-electron chi connectivity index (χ1n) is 3.83. The second kappa shape index (κ2) is 3.17. The molecule has 0 bridgehead atoms. The highest BCUT2D eigenvalue weighted by Crippen LogP contribution is 2.17. The first-order valence-corrected chi connectivity index (χ1v) is 3.83. The zero-order valence-electron chi connectivity index (χ0n) is 6.08. The quantitative estimate of drug-likeness (QED) is 0.394. The molecule has 0 unspecified atom stereocenters. The van der Waals surface area contributed by atoms with Crippen molar-refractivity contribution in [2.24, 2.45) is 0 Å². The van der Waals surface area contributed by atoms with Crippen molar-refractivity contribution < 1.29 is 10.2 Å². The Morgan fingerprint density at radius 2 is 1.90 bits per heavy atom. The van der Waals surface area contributed by atoms with E-state index in [4.69, 9.17) is 10.2 Å². The van der Waals surface area contributed by atoms with E-state index in [1.807, 2.05) is 6.08 Å². The van der Waals surface area contributed by atoms with Crippen LogP contribution in [0.15, 0.2) is 12.2 Å². The Morgan fingerprint density at radius 3 is 2.70 bits per heavy atom. The molecule has 1 aliphatic rings. The van der Waals surface area contributed by atoms with Crippen molar-refractivity contribution in [1.29, 1.82) is 0 Å². The normalized spacial score (nSPS) is 28.6. The minimum atomic E-state index is -1.53. The lowest BCUT2D eigenvalue weighted by atomic mass is 10.0. The van der Waals surface area contributed by atoms with Crippen molar-refractivity contribution in [3.8, 4) is 0 Å². The highest BCUT2D eigenvalue weighted by Gasteiger charge is 2.18. The van der Waals surface area contributed by atoms with Crippen LogP contribution in [0.2, 0.25) is 0 Å². The molecule has 0 aliphatic heterocycles. The molecule has 2 heteroatoms. The summed E-state index contributed by atoms with van der Waals surface area (Å²) in [6.07, 6.45) is 7.98. The van der Waals surface area contributed by atoms with Crippen LogP contribution in [0.5, 0.6) is 0 Å². The molecule has 0 spiro atoms. The van der Waals surface area contributed by atoms with Gasteiger partial charge in [0.2, 0.25) is 0 Å². The Labute approximate surface area is 61.2 Å². The molecule has 0 saturated heterocycles. The summed E-state index contributed by atoms with van der Waals surface area (Å²) in [7, 11) is 0. The van der Waals surface area contributed by atoms with Gasteiger partial charge in [-0.05, 0) is 25.3 Å². The van der Waals surface area contributed by atoms with Crippen LogP contribution in [0, 0.1) is 0 Å². The van der Waals surface area contributed by atoms with E-state index >= 15 is 0 Å². The summed E-state index contributed by atoms with van der Waals surface area (Å²) in [5.74, 6) is -1.53. The smallest absolute Gasteiger partial charge is 0.182 e. The molecule has 0 amide bonds. The lowest BCUT2D eigenvalue weighted by Gasteiger charge is -2.18. The summed E-state index contributed by atoms with van der Waals surface area (Å²) in [5.41, 5.74) is 0. The van der Waals surface area contributed by atoms with Crippen molar-refractivity contribution in [1.82, 2.24) is 0 Å². The van der Waals surface area contributed by atoms with E-state index in [0.717, 1.165) is 19.3 Å². The molecule has 0 aromatic heterocycles. The van der Waals surface area contributed by atoms with Crippen LogP contribution in [-0.4, -0.2) is 16.0 Å². The topological polar surface area (TPSA) is 40.5 Å². The largest absolute Gasteiger partial charge is 0.362 e. The molecule has 2 nitrogen and oxygen atoms in total. The molecule has 0 heterocycles. The van der Waals surface area contributed by atoms with Crippen molar-refractivity contribution >= 4 is 0 Å². The monoisotopic (exact) mass is 142 g/mol. The first-order chi connectivity index (χ1) is 4.71. The molecule has 0 aromatic carbocycles. The Balaban J connectivity index is 2.49. The fourth-order valence-electron chi connectivity index (χ4n) is 1.18. The number of rotatable bonds is 0. The highest BCUT2D eigenvalue weighted by atomic mass is 16.5. The van der Waals surface area contributed by atoms with Gasteiger partial charge in [0.05, 0.1) is 0 Å². The van der Waals surface area contributed by atoms with Crippen LogP contribution >= 0.6 is 0 Å². The molecule has 1 aliphatic carbocycles. The second-order valence-electron chi connectivity index (χ2n) is 2.88. The maximum absolute atomic E-state index is 9.15. The lowest BCUT2D eigenvalue weighted by Crippen LogP contribution is -2.25. The number of aliphatic hydroxyl groups is 2. The number of allylic oxidation sites excluding steroid dienone is 1. The average molecular weight is 142 g/mol. The molecule has 58 valence electrons. The van der Waals surface area contributed by atoms with Gasteiger partial charge in [-0.15, -0.1) is 0 Å². The van der Waals surface area contributed by atoms with Crippen LogP contribution in [0.3, 0.4) is 0 Å². The van der Waals surface area contributed by atoms with Gasteiger partial charge >= 0.3 is 0 Å². The van der Waals surface area contributed by atoms with Crippen molar-refractivity contribution in [3.63, 3.8) is 0 Å². The molecule has 1 rings (SSSR count). The molecule has 0 radical (unpaired) electrons. The van der Waals surface area contributed by atoms with Gasteiger partial charge in [-0.25, -0.2) is 0 Å². The van der Waals surface area contributed by atoms with Gasteiger partial charge in [-0.1, -0.05) is 12.5 Å². The van der Waals surface area contributed by atoms with E-state index in [1.165, 1.54) is 12.5 Å². The fraction of sp³-hybridized carbons (Fsp3) is 0.750. The minimum Gasteiger partial charge on any atom is -0.362 e. The second-order valence-corrected chi connectivity index (χ2v) is 2.88. The van der Waals surface area contributed by atoms with Crippen molar-refractivity contribution in [2.75, 3.05) is 0 Å². The number of hydrogen-bond acceptors (Lipinski definition) is 2. The first kappa shape index (κ1) is 7.76.